The van der Waals surface area contributed by atoms with Gasteiger partial charge >= 0.3 is 18.1 Å². The van der Waals surface area contributed by atoms with Crippen LogP contribution in [0.4, 0.5) is 13.2 Å². The van der Waals surface area contributed by atoms with Crippen molar-refractivity contribution in [1.82, 2.24) is 0 Å². The lowest BCUT2D eigenvalue weighted by atomic mass is 10.0. The fourth-order valence-corrected chi connectivity index (χ4v) is 2.55. The van der Waals surface area contributed by atoms with E-state index in [1.165, 1.54) is 0 Å². The van der Waals surface area contributed by atoms with E-state index in [1.54, 1.807) is 52.1 Å². The number of halogens is 5. The number of aromatic hydroxyl groups is 1. The van der Waals surface area contributed by atoms with Crippen molar-refractivity contribution in [3.05, 3.63) is 59.7 Å². The molecule has 0 fully saturated rings. The van der Waals surface area contributed by atoms with Gasteiger partial charge in [-0.25, -0.2) is 0 Å². The fraction of sp³-hybridized carbons (Fsp3) is 0.444. The van der Waals surface area contributed by atoms with E-state index >= 15 is 0 Å². The first-order valence-electron chi connectivity index (χ1n) is 11.8. The second kappa shape index (κ2) is 22.8. The van der Waals surface area contributed by atoms with Gasteiger partial charge in [0.1, 0.15) is 11.5 Å². The van der Waals surface area contributed by atoms with Crippen molar-refractivity contribution in [2.24, 2.45) is 0 Å². The largest absolute Gasteiger partial charge is 0.508 e. The van der Waals surface area contributed by atoms with Gasteiger partial charge < -0.3 is 24.1 Å². The van der Waals surface area contributed by atoms with Crippen LogP contribution in [0.25, 0.3) is 0 Å². The summed E-state index contributed by atoms with van der Waals surface area (Å²) in [4.78, 5) is 31.6. The Kier molecular flexibility index (Phi) is 22.3. The van der Waals surface area contributed by atoms with Crippen molar-refractivity contribution in [1.29, 1.82) is 0 Å². The number of ether oxygens (including phenoxy) is 4. The zero-order valence-electron chi connectivity index (χ0n) is 22.9. The number of benzene rings is 2. The monoisotopic (exact) mass is 614 g/mol. The van der Waals surface area contributed by atoms with Gasteiger partial charge in [0.05, 0.1) is 30.4 Å². The fourth-order valence-electron chi connectivity index (χ4n) is 2.55. The van der Waals surface area contributed by atoms with Crippen LogP contribution < -0.4 is 4.74 Å². The highest BCUT2D eigenvalue weighted by Crippen LogP contribution is 2.21. The highest BCUT2D eigenvalue weighted by molar-refractivity contribution is 6.40. The van der Waals surface area contributed by atoms with Gasteiger partial charge in [-0.1, -0.05) is 24.3 Å². The van der Waals surface area contributed by atoms with Crippen molar-refractivity contribution >= 4 is 41.4 Å². The molecule has 0 radical (unpaired) electrons. The molecular weight excluding hydrogens is 580 g/mol. The molecule has 0 saturated carbocycles. The molecule has 0 heterocycles. The van der Waals surface area contributed by atoms with Crippen LogP contribution in [0.5, 0.6) is 11.5 Å². The van der Waals surface area contributed by atoms with Crippen LogP contribution in [0.15, 0.2) is 48.5 Å². The van der Waals surface area contributed by atoms with Gasteiger partial charge in [0, 0.05) is 7.11 Å². The predicted molar refractivity (Wildman–Crippen MR) is 146 cm³/mol. The first-order valence-corrected chi connectivity index (χ1v) is 12.9. The zero-order valence-corrected chi connectivity index (χ0v) is 24.4. The smallest absolute Gasteiger partial charge is 0.446 e. The number of hydrogen-bond donors (Lipinski definition) is 1. The number of carbonyl (C=O) groups excluding carboxylic acids is 3. The summed E-state index contributed by atoms with van der Waals surface area (Å²) < 4.78 is 51.2. The Morgan fingerprint density at radius 3 is 1.52 bits per heavy atom. The molecule has 2 aromatic rings. The van der Waals surface area contributed by atoms with Crippen LogP contribution >= 0.6 is 23.2 Å². The van der Waals surface area contributed by atoms with Gasteiger partial charge in [-0.3, -0.25) is 14.4 Å². The van der Waals surface area contributed by atoms with E-state index in [9.17, 15) is 22.8 Å². The molecule has 40 heavy (non-hydrogen) atoms. The molecule has 0 saturated heterocycles. The summed E-state index contributed by atoms with van der Waals surface area (Å²) in [6.07, 6.45) is -5.70. The lowest BCUT2D eigenvalue weighted by molar-refractivity contribution is -0.156. The Balaban J connectivity index is 0. The third-order valence-electron chi connectivity index (χ3n) is 4.53. The van der Waals surface area contributed by atoms with Gasteiger partial charge in [-0.05, 0) is 63.1 Å². The SMILES string of the molecule is CCOC(=O)C(C)c1ccc(O)cc1.CCOC(=O)C(C)c1ccc(OCOC)cc1.ClCCl.O=CC(F)(F)F. The van der Waals surface area contributed by atoms with Gasteiger partial charge in [-0.15, -0.1) is 23.2 Å². The molecule has 0 aliphatic rings. The number of methoxy groups -OCH3 is 1. The molecule has 2 rings (SSSR count). The van der Waals surface area contributed by atoms with E-state index in [0.717, 1.165) is 11.1 Å². The van der Waals surface area contributed by atoms with Crippen molar-refractivity contribution in [3.8, 4) is 11.5 Å². The van der Waals surface area contributed by atoms with Crippen LogP contribution in [-0.2, 0) is 28.6 Å². The molecular formula is C27H35Cl2F3O8. The summed E-state index contributed by atoms with van der Waals surface area (Å²) in [5.74, 6) is -0.0744. The molecule has 226 valence electrons. The average molecular weight is 615 g/mol. The molecule has 2 unspecified atom stereocenters. The number of hydrogen-bond acceptors (Lipinski definition) is 8. The third kappa shape index (κ3) is 19.1. The normalized spacial score (nSPS) is 11.4. The van der Waals surface area contributed by atoms with Gasteiger partial charge in [0.15, 0.2) is 6.79 Å². The lowest BCUT2D eigenvalue weighted by Crippen LogP contribution is -2.12. The van der Waals surface area contributed by atoms with Gasteiger partial charge in [0.2, 0.25) is 6.29 Å². The summed E-state index contributed by atoms with van der Waals surface area (Å²) >= 11 is 9.53. The van der Waals surface area contributed by atoms with Gasteiger partial charge in [0.25, 0.3) is 0 Å². The molecule has 0 amide bonds. The summed E-state index contributed by atoms with van der Waals surface area (Å²) in [6, 6.07) is 13.9. The second-order valence-corrected chi connectivity index (χ2v) is 8.23. The molecule has 2 atom stereocenters. The number of phenols is 1. The minimum absolute atomic E-state index is 0.194. The van der Waals surface area contributed by atoms with Crippen LogP contribution in [-0.4, -0.2) is 62.0 Å². The van der Waals surface area contributed by atoms with Crippen LogP contribution in [0.2, 0.25) is 0 Å². The standard InChI is InChI=1S/C13H18O4.C11H14O3.C2HF3O.CH2Cl2/c1-4-16-13(14)10(2)11-5-7-12(8-6-11)17-9-15-3;1-3-14-11(13)8(2)9-4-6-10(12)7-5-9;3-2(4,5)1-6;2-1-3/h5-8,10H,4,9H2,1-3H3;4-8,12H,3H2,1-2H3;1H;1H2. The van der Waals surface area contributed by atoms with E-state index in [2.05, 4.69) is 0 Å². The summed E-state index contributed by atoms with van der Waals surface area (Å²) in [6.45, 7) is 8.19. The maximum Gasteiger partial charge on any atom is 0.446 e. The number of esters is 2. The van der Waals surface area contributed by atoms with Crippen molar-refractivity contribution in [3.63, 3.8) is 0 Å². The van der Waals surface area contributed by atoms with Crippen LogP contribution in [0.1, 0.15) is 50.7 Å². The molecule has 13 heteroatoms. The first kappa shape index (κ1) is 39.1. The molecule has 1 N–H and O–H groups in total. The number of alkyl halides is 5. The number of phenolic OH excluding ortho intramolecular Hbond substituents is 1. The summed E-state index contributed by atoms with van der Waals surface area (Å²) in [5.41, 5.74) is 1.76. The molecule has 2 aromatic carbocycles. The summed E-state index contributed by atoms with van der Waals surface area (Å²) in [5, 5.41) is 9.26. The molecule has 0 aliphatic carbocycles. The third-order valence-corrected chi connectivity index (χ3v) is 4.53. The Morgan fingerprint density at radius 2 is 1.23 bits per heavy atom. The zero-order chi connectivity index (χ0) is 31.1. The topological polar surface area (TPSA) is 108 Å². The predicted octanol–water partition coefficient (Wildman–Crippen LogP) is 6.56. The van der Waals surface area contributed by atoms with Crippen molar-refractivity contribution < 1.29 is 51.6 Å². The lowest BCUT2D eigenvalue weighted by Gasteiger charge is -2.11. The molecule has 0 aromatic heterocycles. The Bertz CT molecular complexity index is 956. The van der Waals surface area contributed by atoms with Crippen molar-refractivity contribution in [2.75, 3.05) is 32.5 Å². The maximum absolute atomic E-state index is 11.5. The highest BCUT2D eigenvalue weighted by Gasteiger charge is 2.25. The maximum atomic E-state index is 11.5. The van der Waals surface area contributed by atoms with E-state index in [4.69, 9.17) is 52.1 Å². The quantitative estimate of drug-likeness (QED) is 0.146. The summed E-state index contributed by atoms with van der Waals surface area (Å²) in [7, 11) is 1.57. The molecule has 0 spiro atoms. The Hall–Kier alpha value is -3.02. The first-order chi connectivity index (χ1) is 18.8. The molecule has 8 nitrogen and oxygen atoms in total. The van der Waals surface area contributed by atoms with E-state index in [0.29, 0.717) is 19.0 Å². The minimum Gasteiger partial charge on any atom is -0.508 e. The van der Waals surface area contributed by atoms with Crippen molar-refractivity contribution in [2.45, 2.75) is 45.7 Å². The Morgan fingerprint density at radius 1 is 0.875 bits per heavy atom. The van der Waals surface area contributed by atoms with E-state index < -0.39 is 12.5 Å². The molecule has 0 bridgehead atoms. The van der Waals surface area contributed by atoms with Crippen LogP contribution in [0, 0.1) is 0 Å². The average Bonchev–Trinajstić information content (AvgIpc) is 2.93. The highest BCUT2D eigenvalue weighted by atomic mass is 35.5. The Labute approximate surface area is 242 Å². The van der Waals surface area contributed by atoms with E-state index in [-0.39, 0.29) is 41.7 Å². The minimum atomic E-state index is -4.64. The second-order valence-electron chi connectivity index (χ2n) is 7.42. The number of aldehydes is 1. The van der Waals surface area contributed by atoms with Gasteiger partial charge in [-0.2, -0.15) is 13.2 Å². The van der Waals surface area contributed by atoms with Crippen LogP contribution in [0.3, 0.4) is 0 Å². The molecule has 0 aliphatic heterocycles. The number of rotatable bonds is 9. The number of carbonyl (C=O) groups is 3. The van der Waals surface area contributed by atoms with E-state index in [1.807, 2.05) is 31.2 Å².